The number of aromatic nitrogens is 2. The second kappa shape index (κ2) is 15.7. The van der Waals surface area contributed by atoms with E-state index in [2.05, 4.69) is 258 Å². The van der Waals surface area contributed by atoms with Crippen LogP contribution in [0, 0.1) is 0 Å². The van der Waals surface area contributed by atoms with Gasteiger partial charge in [0.2, 0.25) is 0 Å². The molecule has 0 N–H and O–H groups in total. The van der Waals surface area contributed by atoms with Crippen molar-refractivity contribution < 1.29 is 0 Å². The fraction of sp³-hybridized carbons (Fsp3) is 0.0725. The first-order chi connectivity index (χ1) is 35.1. The van der Waals surface area contributed by atoms with Crippen LogP contribution in [0.15, 0.2) is 237 Å². The summed E-state index contributed by atoms with van der Waals surface area (Å²) in [5.41, 5.74) is 23.4. The highest BCUT2D eigenvalue weighted by Gasteiger charge is 2.47. The number of rotatable bonds is 6. The van der Waals surface area contributed by atoms with Crippen LogP contribution in [0.2, 0.25) is 0 Å². The molecule has 3 aliphatic carbocycles. The first-order valence-electron chi connectivity index (χ1n) is 25.2. The van der Waals surface area contributed by atoms with Crippen molar-refractivity contribution in [3.63, 3.8) is 0 Å². The molecule has 12 aromatic rings. The lowest BCUT2D eigenvalue weighted by atomic mass is 9.74. The quantitative estimate of drug-likeness (QED) is 0.157. The number of hydrogen-bond donors (Lipinski definition) is 0. The van der Waals surface area contributed by atoms with Crippen LogP contribution in [0.4, 0.5) is 0 Å². The molecule has 0 radical (unpaired) electrons. The predicted molar refractivity (Wildman–Crippen MR) is 296 cm³/mol. The molecule has 0 amide bonds. The number of hydrogen-bond acceptors (Lipinski definition) is 0. The molecule has 71 heavy (non-hydrogen) atoms. The van der Waals surface area contributed by atoms with Crippen LogP contribution in [0.1, 0.15) is 40.2 Å². The predicted octanol–water partition coefficient (Wildman–Crippen LogP) is 15.5. The van der Waals surface area contributed by atoms with Gasteiger partial charge < -0.3 is 9.13 Å². The Kier molecular flexibility index (Phi) is 8.86. The Bertz CT molecular complexity index is 4200. The maximum atomic E-state index is 2.53. The van der Waals surface area contributed by atoms with Gasteiger partial charge >= 0.3 is 0 Å². The van der Waals surface area contributed by atoms with E-state index in [1.807, 2.05) is 0 Å². The fourth-order valence-electron chi connectivity index (χ4n) is 12.9. The first kappa shape index (κ1) is 40.2. The highest BCUT2D eigenvalue weighted by atomic mass is 15.0. The van der Waals surface area contributed by atoms with Gasteiger partial charge in [0.15, 0.2) is 0 Å². The highest BCUT2D eigenvalue weighted by Crippen LogP contribution is 2.57. The lowest BCUT2D eigenvalue weighted by Gasteiger charge is -2.27. The van der Waals surface area contributed by atoms with Crippen LogP contribution >= 0.6 is 0 Å². The Balaban J connectivity index is 0.757. The standard InChI is InChI=1S/C69H48N2/c1-3-15-55(16-4-1)70-65-21-11-9-19-59(65)61-39-49(33-37-67(61)70)45-23-27-47(28-24-45)51-31-35-57-58-36-32-52(42-64(58)69(63(57)41-51)43-53-13-7-8-14-54(53)44-69)48-29-25-46(26-30-48)50-34-38-68-62(40-50)60-20-10-12-22-66(60)71(68)56-17-5-2-6-18-56/h1-33,35-42,50H,34,43-44H2. The van der Waals surface area contributed by atoms with E-state index >= 15 is 0 Å². The van der Waals surface area contributed by atoms with Crippen LogP contribution in [0.3, 0.4) is 0 Å². The molecule has 2 aromatic heterocycles. The summed E-state index contributed by atoms with van der Waals surface area (Å²) in [7, 11) is 0. The van der Waals surface area contributed by atoms with Gasteiger partial charge in [-0.05, 0) is 152 Å². The Hall–Kier alpha value is -8.72. The second-order valence-electron chi connectivity index (χ2n) is 20.0. The maximum Gasteiger partial charge on any atom is 0.0541 e. The number of para-hydroxylation sites is 4. The smallest absolute Gasteiger partial charge is 0.0541 e. The van der Waals surface area contributed by atoms with Gasteiger partial charge in [-0.1, -0.05) is 188 Å². The zero-order chi connectivity index (χ0) is 46.6. The second-order valence-corrected chi connectivity index (χ2v) is 20.0. The summed E-state index contributed by atoms with van der Waals surface area (Å²) in [5, 5.41) is 6.49. The minimum absolute atomic E-state index is 0.127. The zero-order valence-corrected chi connectivity index (χ0v) is 39.3. The molecule has 15 rings (SSSR count). The van der Waals surface area contributed by atoms with Crippen molar-refractivity contribution >= 4 is 44.9 Å². The van der Waals surface area contributed by atoms with E-state index in [1.54, 1.807) is 0 Å². The van der Waals surface area contributed by atoms with E-state index in [4.69, 9.17) is 0 Å². The monoisotopic (exact) mass is 904 g/mol. The normalized spacial score (nSPS) is 15.1. The topological polar surface area (TPSA) is 9.86 Å². The summed E-state index contributed by atoms with van der Waals surface area (Å²) in [6, 6.07) is 88.4. The molecule has 1 spiro atoms. The molecule has 2 nitrogen and oxygen atoms in total. The molecule has 0 fully saturated rings. The maximum absolute atomic E-state index is 2.53. The summed E-state index contributed by atoms with van der Waals surface area (Å²) in [5.74, 6) is 0.315. The van der Waals surface area contributed by atoms with E-state index < -0.39 is 0 Å². The van der Waals surface area contributed by atoms with Crippen LogP contribution in [0.25, 0.3) is 101 Å². The summed E-state index contributed by atoms with van der Waals surface area (Å²) >= 11 is 0. The van der Waals surface area contributed by atoms with E-state index in [0.717, 1.165) is 19.3 Å². The molecule has 0 saturated heterocycles. The van der Waals surface area contributed by atoms with Gasteiger partial charge in [-0.15, -0.1) is 0 Å². The van der Waals surface area contributed by atoms with Gasteiger partial charge in [-0.3, -0.25) is 0 Å². The molecule has 2 heterocycles. The molecular weight excluding hydrogens is 857 g/mol. The van der Waals surface area contributed by atoms with Crippen molar-refractivity contribution in [1.82, 2.24) is 9.13 Å². The minimum atomic E-state index is -0.127. The minimum Gasteiger partial charge on any atom is -0.310 e. The van der Waals surface area contributed by atoms with Crippen LogP contribution in [-0.2, 0) is 18.3 Å². The SMILES string of the molecule is C1=c2c(n(-c3ccccc3)c3ccccc23)=CCC1c1ccc(-c2ccc3c(c2)C2(Cc4ccccc4C2)c2cc(-c4ccc(-c5ccc6c(c5)c5ccccc5n6-c5ccccc5)cc4)ccc2-3)cc1. The number of nitrogens with zero attached hydrogens (tertiary/aromatic N) is 2. The Morgan fingerprint density at radius 1 is 0.366 bits per heavy atom. The van der Waals surface area contributed by atoms with Crippen LogP contribution in [0.5, 0.6) is 0 Å². The van der Waals surface area contributed by atoms with Crippen molar-refractivity contribution in [1.29, 1.82) is 0 Å². The largest absolute Gasteiger partial charge is 0.310 e. The van der Waals surface area contributed by atoms with Gasteiger partial charge in [0.1, 0.15) is 0 Å². The number of fused-ring (bicyclic) bond motifs is 12. The summed E-state index contributed by atoms with van der Waals surface area (Å²) in [6.45, 7) is 0. The molecule has 0 saturated carbocycles. The van der Waals surface area contributed by atoms with E-state index in [-0.39, 0.29) is 5.41 Å². The average molecular weight is 905 g/mol. The Morgan fingerprint density at radius 3 is 1.45 bits per heavy atom. The molecule has 3 aliphatic rings. The van der Waals surface area contributed by atoms with Gasteiger partial charge in [0.25, 0.3) is 0 Å². The lowest BCUT2D eigenvalue weighted by Crippen LogP contribution is -2.31. The van der Waals surface area contributed by atoms with E-state index in [1.165, 1.54) is 127 Å². The molecule has 10 aromatic carbocycles. The van der Waals surface area contributed by atoms with Crippen molar-refractivity contribution in [2.75, 3.05) is 0 Å². The van der Waals surface area contributed by atoms with Gasteiger partial charge in [0.05, 0.1) is 16.6 Å². The zero-order valence-electron chi connectivity index (χ0n) is 39.3. The fourth-order valence-corrected chi connectivity index (χ4v) is 12.9. The first-order valence-corrected chi connectivity index (χ1v) is 25.2. The molecule has 1 atom stereocenters. The van der Waals surface area contributed by atoms with Gasteiger partial charge in [-0.25, -0.2) is 0 Å². The number of benzene rings is 10. The van der Waals surface area contributed by atoms with Gasteiger partial charge in [-0.2, -0.15) is 0 Å². The van der Waals surface area contributed by atoms with Crippen LogP contribution in [-0.4, -0.2) is 9.13 Å². The lowest BCUT2D eigenvalue weighted by molar-refractivity contribution is 0.564. The summed E-state index contributed by atoms with van der Waals surface area (Å²) < 4.78 is 4.81. The van der Waals surface area contributed by atoms with Crippen molar-refractivity contribution in [2.45, 2.75) is 30.6 Å². The molecular formula is C69H48N2. The molecule has 2 heteroatoms. The van der Waals surface area contributed by atoms with E-state index in [0.29, 0.717) is 5.92 Å². The van der Waals surface area contributed by atoms with Gasteiger partial charge in [0, 0.05) is 49.4 Å². The Labute approximate surface area is 413 Å². The summed E-state index contributed by atoms with van der Waals surface area (Å²) in [4.78, 5) is 0. The third-order valence-electron chi connectivity index (χ3n) is 16.3. The van der Waals surface area contributed by atoms with Crippen LogP contribution < -0.4 is 10.6 Å². The van der Waals surface area contributed by atoms with Crippen molar-refractivity contribution in [3.8, 4) is 55.9 Å². The summed E-state index contributed by atoms with van der Waals surface area (Å²) in [6.07, 6.45) is 7.95. The average Bonchev–Trinajstić information content (AvgIpc) is 4.18. The highest BCUT2D eigenvalue weighted by molar-refractivity contribution is 6.10. The third kappa shape index (κ3) is 6.21. The molecule has 334 valence electrons. The van der Waals surface area contributed by atoms with E-state index in [9.17, 15) is 0 Å². The Morgan fingerprint density at radius 2 is 0.831 bits per heavy atom. The third-order valence-corrected chi connectivity index (χ3v) is 16.3. The molecule has 0 aliphatic heterocycles. The molecule has 1 unspecified atom stereocenters. The van der Waals surface area contributed by atoms with Crippen molar-refractivity contribution in [2.24, 2.45) is 0 Å². The van der Waals surface area contributed by atoms with Crippen molar-refractivity contribution in [3.05, 3.63) is 275 Å². The molecule has 0 bridgehead atoms.